The number of benzene rings is 1. The molecule has 2 N–H and O–H groups in total. The maximum atomic E-state index is 12.8. The number of halogens is 4. The second-order valence-corrected chi connectivity index (χ2v) is 7.05. The fraction of sp³-hybridized carbons (Fsp3) is 0.556. The van der Waals surface area contributed by atoms with Crippen molar-refractivity contribution in [3.63, 3.8) is 0 Å². The Hall–Kier alpha value is -1.80. The molecule has 9 heteroatoms. The molecule has 27 heavy (non-hydrogen) atoms. The van der Waals surface area contributed by atoms with Gasteiger partial charge in [-0.05, 0) is 18.0 Å². The summed E-state index contributed by atoms with van der Waals surface area (Å²) in [5.74, 6) is -1.37. The molecule has 1 unspecified atom stereocenters. The number of carbonyl (C=O) groups excluding carboxylic acids is 2. The summed E-state index contributed by atoms with van der Waals surface area (Å²) in [6.07, 6.45) is -4.61. The zero-order valence-corrected chi connectivity index (χ0v) is 15.5. The number of nitrogens with zero attached hydrogens (tertiary/aromatic N) is 2. The van der Waals surface area contributed by atoms with Gasteiger partial charge in [-0.2, -0.15) is 13.2 Å². The number of rotatable bonds is 4. The van der Waals surface area contributed by atoms with Gasteiger partial charge < -0.3 is 15.5 Å². The Balaban J connectivity index is 0.00000261. The number of amides is 2. The standard InChI is InChI=1S/C18H22F3N3O2.ClH/c19-18(20,21)11-24-8-13(6-16(24)25)17(26)23-9-14(7-22)15(10-23)12-4-2-1-3-5-12;/h1-5,13-15H,6-11,22H2;1H/t13?,14-,15+;/m1./s1. The molecule has 150 valence electrons. The van der Waals surface area contributed by atoms with Crippen molar-refractivity contribution in [2.24, 2.45) is 17.6 Å². The van der Waals surface area contributed by atoms with Crippen LogP contribution in [0.5, 0.6) is 0 Å². The lowest BCUT2D eigenvalue weighted by Gasteiger charge is -2.21. The number of nitrogens with two attached hydrogens (primary N) is 1. The van der Waals surface area contributed by atoms with Gasteiger partial charge in [0.25, 0.3) is 0 Å². The molecule has 1 aromatic carbocycles. The van der Waals surface area contributed by atoms with Gasteiger partial charge in [-0.1, -0.05) is 30.3 Å². The molecule has 0 spiro atoms. The van der Waals surface area contributed by atoms with Crippen molar-refractivity contribution >= 4 is 24.2 Å². The number of hydrogen-bond donors (Lipinski definition) is 1. The van der Waals surface area contributed by atoms with Crippen LogP contribution >= 0.6 is 12.4 Å². The summed E-state index contributed by atoms with van der Waals surface area (Å²) in [4.78, 5) is 27.0. The van der Waals surface area contributed by atoms with Gasteiger partial charge in [-0.15, -0.1) is 12.4 Å². The summed E-state index contributed by atoms with van der Waals surface area (Å²) < 4.78 is 37.6. The summed E-state index contributed by atoms with van der Waals surface area (Å²) >= 11 is 0. The first-order valence-electron chi connectivity index (χ1n) is 8.67. The van der Waals surface area contributed by atoms with E-state index in [0.717, 1.165) is 10.5 Å². The predicted octanol–water partition coefficient (Wildman–Crippen LogP) is 2.02. The summed E-state index contributed by atoms with van der Waals surface area (Å²) in [6, 6.07) is 9.76. The number of carbonyl (C=O) groups is 2. The first kappa shape index (κ1) is 21.5. The third-order valence-corrected chi connectivity index (χ3v) is 5.22. The Labute approximate surface area is 162 Å². The second kappa shape index (κ2) is 8.48. The average Bonchev–Trinajstić information content (AvgIpc) is 3.18. The molecule has 2 fully saturated rings. The molecule has 2 aliphatic rings. The number of likely N-dealkylation sites (tertiary alicyclic amines) is 2. The van der Waals surface area contributed by atoms with Crippen LogP contribution in [0.1, 0.15) is 17.9 Å². The first-order valence-corrected chi connectivity index (χ1v) is 8.67. The van der Waals surface area contributed by atoms with Crippen molar-refractivity contribution in [2.45, 2.75) is 18.5 Å². The normalized spacial score (nSPS) is 25.6. The number of alkyl halides is 3. The largest absolute Gasteiger partial charge is 0.406 e. The molecule has 1 aromatic rings. The van der Waals surface area contributed by atoms with Gasteiger partial charge in [0.2, 0.25) is 11.8 Å². The van der Waals surface area contributed by atoms with E-state index in [2.05, 4.69) is 0 Å². The number of hydrogen-bond acceptors (Lipinski definition) is 3. The molecule has 3 atom stereocenters. The highest BCUT2D eigenvalue weighted by atomic mass is 35.5. The zero-order chi connectivity index (χ0) is 18.9. The van der Waals surface area contributed by atoms with E-state index in [0.29, 0.717) is 19.6 Å². The SMILES string of the molecule is Cl.NC[C@@H]1CN(C(=O)C2CC(=O)N(CC(F)(F)F)C2)C[C@H]1c1ccccc1. The fourth-order valence-corrected chi connectivity index (χ4v) is 3.93. The van der Waals surface area contributed by atoms with Crippen LogP contribution in [0.15, 0.2) is 30.3 Å². The molecular weight excluding hydrogens is 383 g/mol. The summed E-state index contributed by atoms with van der Waals surface area (Å²) in [5, 5.41) is 0. The maximum Gasteiger partial charge on any atom is 0.406 e. The van der Waals surface area contributed by atoms with E-state index in [1.54, 1.807) is 4.90 Å². The van der Waals surface area contributed by atoms with Crippen molar-refractivity contribution in [1.82, 2.24) is 9.80 Å². The highest BCUT2D eigenvalue weighted by Gasteiger charge is 2.44. The third-order valence-electron chi connectivity index (χ3n) is 5.22. The van der Waals surface area contributed by atoms with E-state index in [9.17, 15) is 22.8 Å². The summed E-state index contributed by atoms with van der Waals surface area (Å²) in [7, 11) is 0. The van der Waals surface area contributed by atoms with Gasteiger partial charge in [0.05, 0.1) is 5.92 Å². The monoisotopic (exact) mass is 405 g/mol. The smallest absolute Gasteiger partial charge is 0.341 e. The highest BCUT2D eigenvalue weighted by molar-refractivity contribution is 5.89. The van der Waals surface area contributed by atoms with Crippen LogP contribution in [0, 0.1) is 11.8 Å². The van der Waals surface area contributed by atoms with Crippen LogP contribution in [-0.4, -0.2) is 60.5 Å². The van der Waals surface area contributed by atoms with Crippen LogP contribution in [0.4, 0.5) is 13.2 Å². The molecule has 2 aliphatic heterocycles. The Bertz CT molecular complexity index is 672. The van der Waals surface area contributed by atoms with Crippen LogP contribution in [0.25, 0.3) is 0 Å². The quantitative estimate of drug-likeness (QED) is 0.833. The molecule has 0 aromatic heterocycles. The molecule has 5 nitrogen and oxygen atoms in total. The van der Waals surface area contributed by atoms with Crippen molar-refractivity contribution in [1.29, 1.82) is 0 Å². The minimum atomic E-state index is -4.45. The van der Waals surface area contributed by atoms with E-state index in [4.69, 9.17) is 5.73 Å². The van der Waals surface area contributed by atoms with Gasteiger partial charge in [0, 0.05) is 32.0 Å². The fourth-order valence-electron chi connectivity index (χ4n) is 3.93. The van der Waals surface area contributed by atoms with E-state index in [1.807, 2.05) is 30.3 Å². The van der Waals surface area contributed by atoms with E-state index >= 15 is 0 Å². The van der Waals surface area contributed by atoms with Crippen LogP contribution in [0.2, 0.25) is 0 Å². The molecule has 3 rings (SSSR count). The lowest BCUT2D eigenvalue weighted by Crippen LogP contribution is -2.38. The lowest BCUT2D eigenvalue weighted by molar-refractivity contribution is -0.157. The van der Waals surface area contributed by atoms with Gasteiger partial charge >= 0.3 is 6.18 Å². The topological polar surface area (TPSA) is 66.6 Å². The molecule has 0 saturated carbocycles. The van der Waals surface area contributed by atoms with Crippen molar-refractivity contribution in [3.05, 3.63) is 35.9 Å². The van der Waals surface area contributed by atoms with Crippen LogP contribution < -0.4 is 5.73 Å². The zero-order valence-electron chi connectivity index (χ0n) is 14.7. The Kier molecular flexibility index (Phi) is 6.75. The van der Waals surface area contributed by atoms with Gasteiger partial charge in [-0.25, -0.2) is 0 Å². The maximum absolute atomic E-state index is 12.8. The lowest BCUT2D eigenvalue weighted by atomic mass is 9.89. The molecule has 2 saturated heterocycles. The van der Waals surface area contributed by atoms with Crippen LogP contribution in [-0.2, 0) is 9.59 Å². The average molecular weight is 406 g/mol. The van der Waals surface area contributed by atoms with E-state index < -0.39 is 24.5 Å². The van der Waals surface area contributed by atoms with E-state index in [-0.39, 0.29) is 43.1 Å². The predicted molar refractivity (Wildman–Crippen MR) is 96.3 cm³/mol. The van der Waals surface area contributed by atoms with Crippen molar-refractivity contribution in [2.75, 3.05) is 32.7 Å². The molecule has 2 heterocycles. The summed E-state index contributed by atoms with van der Waals surface area (Å²) in [5.41, 5.74) is 6.96. The minimum Gasteiger partial charge on any atom is -0.341 e. The second-order valence-electron chi connectivity index (χ2n) is 7.05. The van der Waals surface area contributed by atoms with Gasteiger partial charge in [-0.3, -0.25) is 9.59 Å². The Morgan fingerprint density at radius 3 is 2.41 bits per heavy atom. The van der Waals surface area contributed by atoms with Crippen LogP contribution in [0.3, 0.4) is 0 Å². The Morgan fingerprint density at radius 1 is 1.15 bits per heavy atom. The Morgan fingerprint density at radius 2 is 1.81 bits per heavy atom. The molecule has 0 radical (unpaired) electrons. The molecular formula is C18H23ClF3N3O2. The van der Waals surface area contributed by atoms with Crippen molar-refractivity contribution in [3.8, 4) is 0 Å². The molecule has 2 amide bonds. The highest BCUT2D eigenvalue weighted by Crippen LogP contribution is 2.34. The minimum absolute atomic E-state index is 0. The third kappa shape index (κ3) is 4.93. The first-order chi connectivity index (χ1) is 12.3. The molecule has 0 bridgehead atoms. The van der Waals surface area contributed by atoms with E-state index in [1.165, 1.54) is 0 Å². The molecule has 0 aliphatic carbocycles. The van der Waals surface area contributed by atoms with Gasteiger partial charge in [0.1, 0.15) is 6.54 Å². The summed E-state index contributed by atoms with van der Waals surface area (Å²) in [6.45, 7) is -0.0919. The van der Waals surface area contributed by atoms with Gasteiger partial charge in [0.15, 0.2) is 0 Å². The van der Waals surface area contributed by atoms with Crippen molar-refractivity contribution < 1.29 is 22.8 Å².